The molecule has 2 heterocycles. The highest BCUT2D eigenvalue weighted by molar-refractivity contribution is 14.0. The number of hydrogen-bond donors (Lipinski definition) is 2. The van der Waals surface area contributed by atoms with Crippen LogP contribution in [0.5, 0.6) is 0 Å². The van der Waals surface area contributed by atoms with Crippen LogP contribution in [-0.4, -0.2) is 46.9 Å². The predicted octanol–water partition coefficient (Wildman–Crippen LogP) is 1.38. The number of aliphatic imine (C=N–C) groups is 1. The van der Waals surface area contributed by atoms with Crippen molar-refractivity contribution in [1.29, 1.82) is 0 Å². The first-order valence-electron chi connectivity index (χ1n) is 7.86. The molecule has 2 aromatic rings. The molecule has 1 aliphatic heterocycles. The van der Waals surface area contributed by atoms with E-state index in [1.165, 1.54) is 5.69 Å². The van der Waals surface area contributed by atoms with E-state index in [0.717, 1.165) is 31.3 Å². The number of nitrogens with one attached hydrogen (secondary N) is 2. The smallest absolute Gasteiger partial charge is 0.191 e. The number of nitrogens with zero attached hydrogens (tertiary/aromatic N) is 5. The number of anilines is 1. The quantitative estimate of drug-likeness (QED) is 0.426. The van der Waals surface area contributed by atoms with E-state index >= 15 is 0 Å². The Labute approximate surface area is 159 Å². The number of benzene rings is 1. The van der Waals surface area contributed by atoms with Crippen LogP contribution >= 0.6 is 24.0 Å². The van der Waals surface area contributed by atoms with Crippen LogP contribution in [0.1, 0.15) is 12.2 Å². The largest absolute Gasteiger partial charge is 0.369 e. The fourth-order valence-electron chi connectivity index (χ4n) is 2.77. The minimum Gasteiger partial charge on any atom is -0.369 e. The lowest BCUT2D eigenvalue weighted by atomic mass is 10.3. The zero-order valence-corrected chi connectivity index (χ0v) is 16.3. The molecule has 130 valence electrons. The molecule has 0 radical (unpaired) electrons. The Morgan fingerprint density at radius 1 is 1.33 bits per heavy atom. The molecule has 1 aliphatic rings. The van der Waals surface area contributed by atoms with Crippen molar-refractivity contribution in [2.24, 2.45) is 12.0 Å². The van der Waals surface area contributed by atoms with E-state index in [9.17, 15) is 0 Å². The molecular formula is C16H24IN7. The Bertz CT molecular complexity index is 655. The highest BCUT2D eigenvalue weighted by atomic mass is 127. The summed E-state index contributed by atoms with van der Waals surface area (Å²) in [4.78, 5) is 6.69. The van der Waals surface area contributed by atoms with Crippen molar-refractivity contribution in [2.75, 3.05) is 25.0 Å². The van der Waals surface area contributed by atoms with Gasteiger partial charge in [0.1, 0.15) is 6.33 Å². The maximum absolute atomic E-state index is 4.30. The van der Waals surface area contributed by atoms with E-state index in [2.05, 4.69) is 55.0 Å². The molecule has 7 nitrogen and oxygen atoms in total. The van der Waals surface area contributed by atoms with Crippen molar-refractivity contribution in [3.8, 4) is 0 Å². The first-order chi connectivity index (χ1) is 11.3. The van der Waals surface area contributed by atoms with Crippen LogP contribution in [-0.2, 0) is 13.6 Å². The van der Waals surface area contributed by atoms with Crippen LogP contribution in [0.4, 0.5) is 5.69 Å². The van der Waals surface area contributed by atoms with Crippen LogP contribution < -0.4 is 15.5 Å². The van der Waals surface area contributed by atoms with Gasteiger partial charge in [0, 0.05) is 38.9 Å². The maximum Gasteiger partial charge on any atom is 0.191 e. The van der Waals surface area contributed by atoms with Gasteiger partial charge in [-0.25, -0.2) is 0 Å². The fraction of sp³-hybridized carbons (Fsp3) is 0.438. The summed E-state index contributed by atoms with van der Waals surface area (Å²) in [5, 5.41) is 14.7. The summed E-state index contributed by atoms with van der Waals surface area (Å²) >= 11 is 0. The third kappa shape index (κ3) is 4.59. The van der Waals surface area contributed by atoms with Crippen LogP contribution in [0.3, 0.4) is 0 Å². The van der Waals surface area contributed by atoms with Gasteiger partial charge in [0.15, 0.2) is 11.8 Å². The lowest BCUT2D eigenvalue weighted by Gasteiger charge is -2.20. The monoisotopic (exact) mass is 441 g/mol. The Morgan fingerprint density at radius 3 is 2.79 bits per heavy atom. The highest BCUT2D eigenvalue weighted by Crippen LogP contribution is 2.19. The van der Waals surface area contributed by atoms with E-state index in [1.807, 2.05) is 17.7 Å². The van der Waals surface area contributed by atoms with Gasteiger partial charge >= 0.3 is 0 Å². The molecule has 1 fully saturated rings. The first-order valence-corrected chi connectivity index (χ1v) is 7.86. The van der Waals surface area contributed by atoms with Crippen molar-refractivity contribution in [1.82, 2.24) is 25.4 Å². The number of halogens is 1. The second kappa shape index (κ2) is 8.86. The van der Waals surface area contributed by atoms with E-state index in [0.29, 0.717) is 12.6 Å². The minimum atomic E-state index is 0. The third-order valence-electron chi connectivity index (χ3n) is 4.09. The molecule has 1 saturated heterocycles. The molecule has 2 N–H and O–H groups in total. The Balaban J connectivity index is 0.00000208. The number of rotatable bonds is 4. The summed E-state index contributed by atoms with van der Waals surface area (Å²) in [6.07, 6.45) is 2.79. The fourth-order valence-corrected chi connectivity index (χ4v) is 2.77. The van der Waals surface area contributed by atoms with E-state index < -0.39 is 0 Å². The SMILES string of the molecule is CN=C(NCc1nncn1C)NC1CCN(c2ccccc2)C1.I. The van der Waals surface area contributed by atoms with Gasteiger partial charge in [0.25, 0.3) is 0 Å². The van der Waals surface area contributed by atoms with Gasteiger partial charge in [-0.1, -0.05) is 18.2 Å². The normalized spacial score (nSPS) is 17.5. The average molecular weight is 441 g/mol. The Morgan fingerprint density at radius 2 is 2.12 bits per heavy atom. The predicted molar refractivity (Wildman–Crippen MR) is 107 cm³/mol. The molecule has 0 saturated carbocycles. The second-order valence-electron chi connectivity index (χ2n) is 5.70. The van der Waals surface area contributed by atoms with E-state index in [1.54, 1.807) is 13.4 Å². The molecule has 8 heteroatoms. The molecule has 0 spiro atoms. The zero-order valence-electron chi connectivity index (χ0n) is 14.0. The van der Waals surface area contributed by atoms with E-state index in [-0.39, 0.29) is 24.0 Å². The second-order valence-corrected chi connectivity index (χ2v) is 5.70. The Hall–Kier alpha value is -1.84. The first kappa shape index (κ1) is 18.5. The standard InChI is InChI=1S/C16H23N7.HI/c1-17-16(18-10-15-21-19-12-22(15)2)20-13-8-9-23(11-13)14-6-4-3-5-7-14;/h3-7,12-13H,8-11H2,1-2H3,(H2,17,18,20);1H. The number of para-hydroxylation sites is 1. The summed E-state index contributed by atoms with van der Waals surface area (Å²) in [5.41, 5.74) is 1.28. The zero-order chi connectivity index (χ0) is 16.1. The molecule has 1 atom stereocenters. The van der Waals surface area contributed by atoms with Crippen LogP contribution in [0.15, 0.2) is 41.7 Å². The maximum atomic E-state index is 4.30. The lowest BCUT2D eigenvalue weighted by molar-refractivity contribution is 0.640. The van der Waals surface area contributed by atoms with Gasteiger partial charge in [-0.3, -0.25) is 4.99 Å². The number of guanidine groups is 1. The topological polar surface area (TPSA) is 70.4 Å². The summed E-state index contributed by atoms with van der Waals surface area (Å²) in [7, 11) is 3.72. The van der Waals surface area contributed by atoms with Gasteiger partial charge in [-0.15, -0.1) is 34.2 Å². The summed E-state index contributed by atoms with van der Waals surface area (Å²) in [6.45, 7) is 2.64. The molecule has 0 bridgehead atoms. The van der Waals surface area contributed by atoms with Crippen LogP contribution in [0.2, 0.25) is 0 Å². The molecular weight excluding hydrogens is 417 g/mol. The molecule has 24 heavy (non-hydrogen) atoms. The van der Waals surface area contributed by atoms with Crippen molar-refractivity contribution in [2.45, 2.75) is 19.0 Å². The van der Waals surface area contributed by atoms with Gasteiger partial charge in [0.2, 0.25) is 0 Å². The van der Waals surface area contributed by atoms with E-state index in [4.69, 9.17) is 0 Å². The Kier molecular flexibility index (Phi) is 6.83. The lowest BCUT2D eigenvalue weighted by Crippen LogP contribution is -2.44. The molecule has 0 amide bonds. The molecule has 0 aliphatic carbocycles. The molecule has 1 aromatic carbocycles. The van der Waals surface area contributed by atoms with Gasteiger partial charge < -0.3 is 20.1 Å². The number of hydrogen-bond acceptors (Lipinski definition) is 4. The number of aromatic nitrogens is 3. The van der Waals surface area contributed by atoms with Gasteiger partial charge in [0.05, 0.1) is 6.54 Å². The summed E-state index contributed by atoms with van der Waals surface area (Å²) in [5.74, 6) is 1.68. The van der Waals surface area contributed by atoms with Crippen molar-refractivity contribution in [3.05, 3.63) is 42.5 Å². The van der Waals surface area contributed by atoms with Crippen molar-refractivity contribution in [3.63, 3.8) is 0 Å². The molecule has 1 unspecified atom stereocenters. The van der Waals surface area contributed by atoms with Gasteiger partial charge in [-0.2, -0.15) is 0 Å². The number of aryl methyl sites for hydroxylation is 1. The van der Waals surface area contributed by atoms with Gasteiger partial charge in [-0.05, 0) is 18.6 Å². The molecule has 1 aromatic heterocycles. The third-order valence-corrected chi connectivity index (χ3v) is 4.09. The van der Waals surface area contributed by atoms with Crippen molar-refractivity contribution < 1.29 is 0 Å². The summed E-state index contributed by atoms with van der Waals surface area (Å²) < 4.78 is 1.90. The van der Waals surface area contributed by atoms with Crippen LogP contribution in [0, 0.1) is 0 Å². The van der Waals surface area contributed by atoms with Crippen molar-refractivity contribution >= 4 is 35.6 Å². The highest BCUT2D eigenvalue weighted by Gasteiger charge is 2.23. The molecule has 3 rings (SSSR count). The summed E-state index contributed by atoms with van der Waals surface area (Å²) in [6, 6.07) is 10.9. The minimum absolute atomic E-state index is 0. The average Bonchev–Trinajstić information content (AvgIpc) is 3.21. The van der Waals surface area contributed by atoms with Crippen LogP contribution in [0.25, 0.3) is 0 Å².